The summed E-state index contributed by atoms with van der Waals surface area (Å²) in [7, 11) is 0. The number of nitrogens with two attached hydrogens (primary N) is 1. The first-order valence-corrected chi connectivity index (χ1v) is 5.42. The van der Waals surface area contributed by atoms with Crippen LogP contribution in [-0.4, -0.2) is 22.7 Å². The van der Waals surface area contributed by atoms with E-state index in [-0.39, 0.29) is 12.4 Å². The van der Waals surface area contributed by atoms with Crippen LogP contribution in [0.15, 0.2) is 35.5 Å². The first kappa shape index (κ1) is 13.8. The summed E-state index contributed by atoms with van der Waals surface area (Å²) in [5.41, 5.74) is 5.35. The van der Waals surface area contributed by atoms with E-state index in [1.807, 2.05) is 30.3 Å². The number of amides is 1. The average molecular weight is 251 g/mol. The molecule has 0 aromatic heterocycles. The van der Waals surface area contributed by atoms with E-state index in [0.717, 1.165) is 5.56 Å². The molecule has 1 rings (SSSR count). The molecular weight excluding hydrogens is 234 g/mol. The Morgan fingerprint density at radius 2 is 2.06 bits per heavy atom. The van der Waals surface area contributed by atoms with Crippen LogP contribution in [0.3, 0.4) is 0 Å². The van der Waals surface area contributed by atoms with E-state index in [1.54, 1.807) is 13.8 Å². The Balaban J connectivity index is 2.48. The van der Waals surface area contributed by atoms with Gasteiger partial charge < -0.3 is 21.0 Å². The van der Waals surface area contributed by atoms with Gasteiger partial charge in [-0.25, -0.2) is 4.79 Å². The maximum atomic E-state index is 11.5. The van der Waals surface area contributed by atoms with Crippen LogP contribution in [-0.2, 0) is 11.3 Å². The molecule has 0 radical (unpaired) electrons. The number of hydrogen-bond donors (Lipinski definition) is 3. The van der Waals surface area contributed by atoms with E-state index >= 15 is 0 Å². The van der Waals surface area contributed by atoms with Crippen molar-refractivity contribution >= 4 is 11.9 Å². The van der Waals surface area contributed by atoms with Crippen molar-refractivity contribution in [3.63, 3.8) is 0 Å². The number of carbonyl (C=O) groups excluding carboxylic acids is 1. The summed E-state index contributed by atoms with van der Waals surface area (Å²) in [4.78, 5) is 11.5. The van der Waals surface area contributed by atoms with Crippen LogP contribution in [0, 0.1) is 0 Å². The maximum absolute atomic E-state index is 11.5. The number of nitrogens with zero attached hydrogens (tertiary/aromatic N) is 1. The molecule has 18 heavy (non-hydrogen) atoms. The Labute approximate surface area is 105 Å². The minimum atomic E-state index is -0.970. The van der Waals surface area contributed by atoms with Crippen LogP contribution in [0.4, 0.5) is 4.79 Å². The highest BCUT2D eigenvalue weighted by atomic mass is 16.5. The monoisotopic (exact) mass is 251 g/mol. The standard InChI is InChI=1S/C12H17N3O3/c1-12(2,10(13)15-17)14-11(16)18-8-9-6-4-3-5-7-9/h3-7,17H,8H2,1-2H3,(H2,13,15)(H,14,16). The zero-order valence-electron chi connectivity index (χ0n) is 10.4. The highest BCUT2D eigenvalue weighted by Gasteiger charge is 2.26. The first-order chi connectivity index (χ1) is 8.45. The molecule has 0 unspecified atom stereocenters. The molecule has 0 saturated carbocycles. The van der Waals surface area contributed by atoms with Gasteiger partial charge >= 0.3 is 6.09 Å². The molecule has 0 bridgehead atoms. The SMILES string of the molecule is CC(C)(NC(=O)OCc1ccccc1)/C(N)=N/O. The van der Waals surface area contributed by atoms with Gasteiger partial charge in [0.25, 0.3) is 0 Å². The van der Waals surface area contributed by atoms with Crippen molar-refractivity contribution in [1.82, 2.24) is 5.32 Å². The lowest BCUT2D eigenvalue weighted by Gasteiger charge is -2.23. The fourth-order valence-electron chi connectivity index (χ4n) is 1.20. The molecule has 1 aromatic carbocycles. The molecule has 0 spiro atoms. The zero-order valence-corrected chi connectivity index (χ0v) is 10.4. The lowest BCUT2D eigenvalue weighted by molar-refractivity contribution is 0.134. The lowest BCUT2D eigenvalue weighted by atomic mass is 10.1. The number of benzene rings is 1. The average Bonchev–Trinajstić information content (AvgIpc) is 2.36. The fourth-order valence-corrected chi connectivity index (χ4v) is 1.20. The minimum Gasteiger partial charge on any atom is -0.445 e. The normalized spacial score (nSPS) is 12.0. The van der Waals surface area contributed by atoms with Gasteiger partial charge in [-0.05, 0) is 19.4 Å². The van der Waals surface area contributed by atoms with E-state index in [9.17, 15) is 4.79 Å². The number of ether oxygens (including phenoxy) is 1. The van der Waals surface area contributed by atoms with Crippen molar-refractivity contribution < 1.29 is 14.7 Å². The molecule has 6 nitrogen and oxygen atoms in total. The summed E-state index contributed by atoms with van der Waals surface area (Å²) in [6.07, 6.45) is -0.629. The van der Waals surface area contributed by atoms with Crippen LogP contribution < -0.4 is 11.1 Å². The predicted molar refractivity (Wildman–Crippen MR) is 67.3 cm³/mol. The van der Waals surface area contributed by atoms with E-state index in [0.29, 0.717) is 0 Å². The van der Waals surface area contributed by atoms with Crippen molar-refractivity contribution in [2.45, 2.75) is 26.0 Å². The van der Waals surface area contributed by atoms with Gasteiger partial charge in [-0.1, -0.05) is 35.5 Å². The molecule has 0 aliphatic carbocycles. The van der Waals surface area contributed by atoms with E-state index in [1.165, 1.54) is 0 Å². The van der Waals surface area contributed by atoms with Crippen molar-refractivity contribution in [3.05, 3.63) is 35.9 Å². The largest absolute Gasteiger partial charge is 0.445 e. The molecule has 6 heteroatoms. The molecule has 0 aliphatic heterocycles. The van der Waals surface area contributed by atoms with E-state index in [4.69, 9.17) is 15.7 Å². The molecule has 0 saturated heterocycles. The summed E-state index contributed by atoms with van der Waals surface area (Å²) in [6.45, 7) is 3.37. The summed E-state index contributed by atoms with van der Waals surface area (Å²) >= 11 is 0. The Bertz CT molecular complexity index is 429. The van der Waals surface area contributed by atoms with E-state index in [2.05, 4.69) is 10.5 Å². The van der Waals surface area contributed by atoms with Gasteiger partial charge in [0.1, 0.15) is 6.61 Å². The van der Waals surface area contributed by atoms with Crippen molar-refractivity contribution in [2.75, 3.05) is 0 Å². The summed E-state index contributed by atoms with van der Waals surface area (Å²) in [5, 5.41) is 13.9. The fraction of sp³-hybridized carbons (Fsp3) is 0.333. The van der Waals surface area contributed by atoms with Gasteiger partial charge in [-0.2, -0.15) is 0 Å². The topological polar surface area (TPSA) is 96.9 Å². The van der Waals surface area contributed by atoms with Crippen molar-refractivity contribution in [1.29, 1.82) is 0 Å². The third-order valence-corrected chi connectivity index (χ3v) is 2.38. The van der Waals surface area contributed by atoms with Gasteiger partial charge in [0.05, 0.1) is 5.54 Å². The molecule has 1 amide bonds. The highest BCUT2D eigenvalue weighted by Crippen LogP contribution is 2.04. The number of oxime groups is 1. The molecule has 1 aromatic rings. The van der Waals surface area contributed by atoms with Gasteiger partial charge in [-0.3, -0.25) is 0 Å². The summed E-state index contributed by atoms with van der Waals surface area (Å²) < 4.78 is 5.02. The molecular formula is C12H17N3O3. The smallest absolute Gasteiger partial charge is 0.408 e. The summed E-state index contributed by atoms with van der Waals surface area (Å²) in [5.74, 6) is -0.0980. The number of carbonyl (C=O) groups is 1. The molecule has 0 heterocycles. The quantitative estimate of drug-likeness (QED) is 0.326. The van der Waals surface area contributed by atoms with Gasteiger partial charge in [0.2, 0.25) is 0 Å². The highest BCUT2D eigenvalue weighted by molar-refractivity contribution is 5.91. The van der Waals surface area contributed by atoms with Crippen molar-refractivity contribution in [3.8, 4) is 0 Å². The van der Waals surface area contributed by atoms with Crippen LogP contribution in [0.2, 0.25) is 0 Å². The van der Waals surface area contributed by atoms with Crippen LogP contribution in [0.25, 0.3) is 0 Å². The Hall–Kier alpha value is -2.24. The van der Waals surface area contributed by atoms with Crippen molar-refractivity contribution in [2.24, 2.45) is 10.9 Å². The van der Waals surface area contributed by atoms with E-state index < -0.39 is 11.6 Å². The molecule has 0 atom stereocenters. The zero-order chi connectivity index (χ0) is 13.6. The second kappa shape index (κ2) is 5.90. The van der Waals surface area contributed by atoms with Gasteiger partial charge in [0.15, 0.2) is 5.84 Å². The van der Waals surface area contributed by atoms with Crippen LogP contribution in [0.1, 0.15) is 19.4 Å². The number of hydrogen-bond acceptors (Lipinski definition) is 4. The predicted octanol–water partition coefficient (Wildman–Crippen LogP) is 1.44. The number of amidine groups is 1. The van der Waals surface area contributed by atoms with Crippen LogP contribution >= 0.6 is 0 Å². The molecule has 98 valence electrons. The molecule has 0 aliphatic rings. The van der Waals surface area contributed by atoms with Gasteiger partial charge in [0, 0.05) is 0 Å². The Morgan fingerprint density at radius 1 is 1.44 bits per heavy atom. The second-order valence-corrected chi connectivity index (χ2v) is 4.30. The third-order valence-electron chi connectivity index (χ3n) is 2.38. The Morgan fingerprint density at radius 3 is 2.61 bits per heavy atom. The molecule has 0 fully saturated rings. The number of rotatable bonds is 4. The number of alkyl carbamates (subject to hydrolysis) is 1. The number of nitrogens with one attached hydrogen (secondary N) is 1. The second-order valence-electron chi connectivity index (χ2n) is 4.30. The Kier molecular flexibility index (Phi) is 4.53. The minimum absolute atomic E-state index is 0.0980. The third kappa shape index (κ3) is 3.97. The maximum Gasteiger partial charge on any atom is 0.408 e. The first-order valence-electron chi connectivity index (χ1n) is 5.42. The lowest BCUT2D eigenvalue weighted by Crippen LogP contribution is -2.53. The molecule has 4 N–H and O–H groups in total. The summed E-state index contributed by atoms with van der Waals surface area (Å²) in [6, 6.07) is 9.29. The van der Waals surface area contributed by atoms with Crippen LogP contribution in [0.5, 0.6) is 0 Å². The van der Waals surface area contributed by atoms with Gasteiger partial charge in [-0.15, -0.1) is 0 Å².